The van der Waals surface area contributed by atoms with E-state index in [1.807, 2.05) is 0 Å². The summed E-state index contributed by atoms with van der Waals surface area (Å²) in [4.78, 5) is 4.39. The first-order chi connectivity index (χ1) is 8.78. The number of phenolic OH excluding ortho intramolecular Hbond substituents is 1. The maximum Gasteiger partial charge on any atom is 0.258 e. The van der Waals surface area contributed by atoms with Crippen molar-refractivity contribution in [2.24, 2.45) is 0 Å². The van der Waals surface area contributed by atoms with Gasteiger partial charge in [-0.15, -0.1) is 0 Å². The second-order valence-corrected chi connectivity index (χ2v) is 4.47. The van der Waals surface area contributed by atoms with Crippen LogP contribution in [0, 0.1) is 0 Å². The Hall–Kier alpha value is -2.04. The van der Waals surface area contributed by atoms with Crippen molar-refractivity contribution in [1.82, 2.24) is 10.1 Å². The summed E-state index contributed by atoms with van der Waals surface area (Å²) in [5, 5.41) is 13.5. The lowest BCUT2D eigenvalue weighted by atomic mass is 9.85. The number of benzene rings is 1. The van der Waals surface area contributed by atoms with Crippen molar-refractivity contribution in [3.05, 3.63) is 24.0 Å². The van der Waals surface area contributed by atoms with Crippen LogP contribution in [0.1, 0.15) is 31.0 Å². The summed E-state index contributed by atoms with van der Waals surface area (Å²) in [6.07, 6.45) is 3.51. The third kappa shape index (κ3) is 1.81. The highest BCUT2D eigenvalue weighted by atomic mass is 16.5. The number of rotatable bonds is 3. The summed E-state index contributed by atoms with van der Waals surface area (Å²) in [5.74, 6) is 2.19. The fourth-order valence-corrected chi connectivity index (χ4v) is 2.00. The molecule has 5 nitrogen and oxygen atoms in total. The van der Waals surface area contributed by atoms with E-state index in [2.05, 4.69) is 10.1 Å². The first-order valence-corrected chi connectivity index (χ1v) is 5.99. The molecule has 94 valence electrons. The quantitative estimate of drug-likeness (QED) is 0.901. The summed E-state index contributed by atoms with van der Waals surface area (Å²) in [6, 6.07) is 4.98. The minimum absolute atomic E-state index is 0.0972. The monoisotopic (exact) mass is 246 g/mol. The third-order valence-electron chi connectivity index (χ3n) is 3.34. The zero-order chi connectivity index (χ0) is 12.5. The van der Waals surface area contributed by atoms with E-state index in [1.165, 1.54) is 13.5 Å². The molecule has 1 heterocycles. The fourth-order valence-electron chi connectivity index (χ4n) is 2.00. The van der Waals surface area contributed by atoms with Crippen LogP contribution in [-0.4, -0.2) is 22.4 Å². The van der Waals surface area contributed by atoms with Gasteiger partial charge in [-0.2, -0.15) is 4.98 Å². The summed E-state index contributed by atoms with van der Waals surface area (Å²) >= 11 is 0. The van der Waals surface area contributed by atoms with Gasteiger partial charge in [0.25, 0.3) is 5.89 Å². The van der Waals surface area contributed by atoms with E-state index in [-0.39, 0.29) is 5.75 Å². The molecule has 3 rings (SSSR count). The molecule has 0 radical (unpaired) electrons. The molecule has 0 atom stereocenters. The molecule has 1 aromatic carbocycles. The summed E-state index contributed by atoms with van der Waals surface area (Å²) < 4.78 is 10.3. The number of nitrogens with zero attached hydrogens (tertiary/aromatic N) is 2. The molecule has 0 saturated heterocycles. The molecule has 1 aliphatic carbocycles. The average molecular weight is 246 g/mol. The summed E-state index contributed by atoms with van der Waals surface area (Å²) in [7, 11) is 1.51. The Balaban J connectivity index is 1.91. The van der Waals surface area contributed by atoms with Crippen LogP contribution in [0.5, 0.6) is 11.5 Å². The Morgan fingerprint density at radius 2 is 2.22 bits per heavy atom. The highest BCUT2D eigenvalue weighted by Crippen LogP contribution is 2.36. The zero-order valence-corrected chi connectivity index (χ0v) is 10.1. The van der Waals surface area contributed by atoms with Gasteiger partial charge in [-0.1, -0.05) is 11.6 Å². The van der Waals surface area contributed by atoms with Gasteiger partial charge in [0.2, 0.25) is 0 Å². The number of ether oxygens (including phenoxy) is 1. The molecule has 0 spiro atoms. The molecule has 0 aliphatic heterocycles. The molecule has 0 amide bonds. The predicted octanol–water partition coefficient (Wildman–Crippen LogP) is 2.72. The van der Waals surface area contributed by atoms with Crippen LogP contribution in [-0.2, 0) is 0 Å². The molecule has 1 fully saturated rings. The van der Waals surface area contributed by atoms with Crippen molar-refractivity contribution >= 4 is 0 Å². The van der Waals surface area contributed by atoms with Gasteiger partial charge in [0.05, 0.1) is 7.11 Å². The normalized spacial score (nSPS) is 15.4. The lowest BCUT2D eigenvalue weighted by molar-refractivity contribution is 0.365. The molecule has 1 aliphatic rings. The number of hydrogen-bond acceptors (Lipinski definition) is 5. The van der Waals surface area contributed by atoms with E-state index in [4.69, 9.17) is 9.26 Å². The predicted molar refractivity (Wildman–Crippen MR) is 64.5 cm³/mol. The average Bonchev–Trinajstić information content (AvgIpc) is 2.76. The molecular formula is C13H14N2O3. The third-order valence-corrected chi connectivity index (χ3v) is 3.34. The van der Waals surface area contributed by atoms with E-state index in [1.54, 1.807) is 18.2 Å². The van der Waals surface area contributed by atoms with E-state index in [9.17, 15) is 5.11 Å². The highest BCUT2D eigenvalue weighted by Gasteiger charge is 2.25. The van der Waals surface area contributed by atoms with Gasteiger partial charge in [0.15, 0.2) is 17.3 Å². The van der Waals surface area contributed by atoms with Crippen LogP contribution in [0.2, 0.25) is 0 Å². The smallest absolute Gasteiger partial charge is 0.258 e. The van der Waals surface area contributed by atoms with E-state index >= 15 is 0 Å². The first kappa shape index (κ1) is 11.1. The van der Waals surface area contributed by atoms with Gasteiger partial charge in [-0.05, 0) is 31.0 Å². The van der Waals surface area contributed by atoms with Crippen LogP contribution in [0.15, 0.2) is 22.7 Å². The topological polar surface area (TPSA) is 68.4 Å². The lowest BCUT2D eigenvalue weighted by Crippen LogP contribution is -2.10. The summed E-state index contributed by atoms with van der Waals surface area (Å²) in [6.45, 7) is 0. The molecule has 5 heteroatoms. The van der Waals surface area contributed by atoms with E-state index in [0.717, 1.165) is 24.2 Å². The Morgan fingerprint density at radius 3 is 2.89 bits per heavy atom. The van der Waals surface area contributed by atoms with E-state index in [0.29, 0.717) is 17.6 Å². The Morgan fingerprint density at radius 1 is 1.39 bits per heavy atom. The highest BCUT2D eigenvalue weighted by molar-refractivity contribution is 5.59. The molecule has 1 aromatic heterocycles. The van der Waals surface area contributed by atoms with Crippen molar-refractivity contribution in [1.29, 1.82) is 0 Å². The first-order valence-electron chi connectivity index (χ1n) is 5.99. The molecule has 2 aromatic rings. The lowest BCUT2D eigenvalue weighted by Gasteiger charge is -2.20. The number of aromatic nitrogens is 2. The van der Waals surface area contributed by atoms with Crippen LogP contribution in [0.25, 0.3) is 11.5 Å². The molecule has 1 saturated carbocycles. The number of hydrogen-bond donors (Lipinski definition) is 1. The van der Waals surface area contributed by atoms with Crippen LogP contribution in [0.4, 0.5) is 0 Å². The zero-order valence-electron chi connectivity index (χ0n) is 10.1. The van der Waals surface area contributed by atoms with Crippen molar-refractivity contribution in [3.8, 4) is 23.0 Å². The van der Waals surface area contributed by atoms with Crippen molar-refractivity contribution in [2.45, 2.75) is 25.2 Å². The standard InChI is InChI=1S/C13H14N2O3/c1-17-11-7-9(5-6-10(11)16)13-14-12(15-18-13)8-3-2-4-8/h5-8,16H,2-4H2,1H3. The second-order valence-electron chi connectivity index (χ2n) is 4.47. The molecule has 0 unspecified atom stereocenters. The van der Waals surface area contributed by atoms with Gasteiger partial charge in [-0.25, -0.2) is 0 Å². The molecular weight excluding hydrogens is 232 g/mol. The van der Waals surface area contributed by atoms with Gasteiger partial charge in [-0.3, -0.25) is 0 Å². The molecule has 18 heavy (non-hydrogen) atoms. The van der Waals surface area contributed by atoms with Gasteiger partial charge in [0.1, 0.15) is 0 Å². The van der Waals surface area contributed by atoms with E-state index < -0.39 is 0 Å². The molecule has 0 bridgehead atoms. The number of aromatic hydroxyl groups is 1. The Labute approximate surface area is 104 Å². The minimum Gasteiger partial charge on any atom is -0.504 e. The van der Waals surface area contributed by atoms with Crippen molar-refractivity contribution in [2.75, 3.05) is 7.11 Å². The SMILES string of the molecule is COc1cc(-c2nc(C3CCC3)no2)ccc1O. The minimum atomic E-state index is 0.0972. The fraction of sp³-hybridized carbons (Fsp3) is 0.385. The Kier molecular flexibility index (Phi) is 2.66. The van der Waals surface area contributed by atoms with Crippen molar-refractivity contribution in [3.63, 3.8) is 0 Å². The van der Waals surface area contributed by atoms with Gasteiger partial charge < -0.3 is 14.4 Å². The van der Waals surface area contributed by atoms with Gasteiger partial charge in [0, 0.05) is 11.5 Å². The number of methoxy groups -OCH3 is 1. The van der Waals surface area contributed by atoms with Crippen LogP contribution in [0.3, 0.4) is 0 Å². The molecule has 1 N–H and O–H groups in total. The number of phenols is 1. The second kappa shape index (κ2) is 4.33. The van der Waals surface area contributed by atoms with Crippen LogP contribution >= 0.6 is 0 Å². The summed E-state index contributed by atoms with van der Waals surface area (Å²) in [5.41, 5.74) is 0.753. The largest absolute Gasteiger partial charge is 0.504 e. The van der Waals surface area contributed by atoms with Crippen molar-refractivity contribution < 1.29 is 14.4 Å². The van der Waals surface area contributed by atoms with Crippen LogP contribution < -0.4 is 4.74 Å². The maximum absolute atomic E-state index is 9.53. The Bertz CT molecular complexity index is 561. The van der Waals surface area contributed by atoms with Gasteiger partial charge >= 0.3 is 0 Å². The maximum atomic E-state index is 9.53.